The first kappa shape index (κ1) is 16.8. The van der Waals surface area contributed by atoms with Gasteiger partial charge in [0.15, 0.2) is 0 Å². The molecule has 2 aromatic heterocycles. The monoisotopic (exact) mass is 361 g/mol. The maximum Gasteiger partial charge on any atom is 0.351 e. The predicted octanol–water partition coefficient (Wildman–Crippen LogP) is 2.79. The summed E-state index contributed by atoms with van der Waals surface area (Å²) in [6.45, 7) is 2.27. The summed E-state index contributed by atoms with van der Waals surface area (Å²) < 4.78 is 8.33. The average molecular weight is 361 g/mol. The summed E-state index contributed by atoms with van der Waals surface area (Å²) in [4.78, 5) is 12.9. The molecule has 2 aromatic carbocycles. The SMILES string of the molecule is COc1cccc(Cn2c(C)nn(-c3ccc(-c4cn[nH]c4)cc3)c2=O)c1. The summed E-state index contributed by atoms with van der Waals surface area (Å²) in [5.74, 6) is 1.42. The summed E-state index contributed by atoms with van der Waals surface area (Å²) >= 11 is 0. The maximum atomic E-state index is 12.9. The highest BCUT2D eigenvalue weighted by Gasteiger charge is 2.12. The molecule has 0 atom stereocenters. The summed E-state index contributed by atoms with van der Waals surface area (Å²) in [6.07, 6.45) is 3.59. The van der Waals surface area contributed by atoms with Crippen molar-refractivity contribution < 1.29 is 4.74 Å². The molecule has 7 heteroatoms. The lowest BCUT2D eigenvalue weighted by Crippen LogP contribution is -2.24. The molecule has 7 nitrogen and oxygen atoms in total. The Morgan fingerprint density at radius 2 is 1.93 bits per heavy atom. The molecule has 27 heavy (non-hydrogen) atoms. The van der Waals surface area contributed by atoms with Crippen LogP contribution in [0, 0.1) is 6.92 Å². The Balaban J connectivity index is 1.65. The van der Waals surface area contributed by atoms with Crippen molar-refractivity contribution in [3.63, 3.8) is 0 Å². The summed E-state index contributed by atoms with van der Waals surface area (Å²) in [5, 5.41) is 11.2. The summed E-state index contributed by atoms with van der Waals surface area (Å²) in [5.41, 5.74) is 3.54. The molecule has 0 aliphatic carbocycles. The third-order valence-corrected chi connectivity index (χ3v) is 4.47. The Hall–Kier alpha value is -3.61. The van der Waals surface area contributed by atoms with Crippen molar-refractivity contribution in [3.05, 3.63) is 82.8 Å². The zero-order valence-electron chi connectivity index (χ0n) is 15.1. The van der Waals surface area contributed by atoms with Crippen LogP contribution in [0.4, 0.5) is 0 Å². The van der Waals surface area contributed by atoms with E-state index in [1.165, 1.54) is 4.68 Å². The number of nitrogens with zero attached hydrogens (tertiary/aromatic N) is 4. The van der Waals surface area contributed by atoms with Crippen molar-refractivity contribution in [1.82, 2.24) is 24.5 Å². The lowest BCUT2D eigenvalue weighted by molar-refractivity contribution is 0.414. The van der Waals surface area contributed by atoms with Crippen LogP contribution in [-0.4, -0.2) is 31.7 Å². The third-order valence-electron chi connectivity index (χ3n) is 4.47. The number of hydrogen-bond donors (Lipinski definition) is 1. The van der Waals surface area contributed by atoms with Gasteiger partial charge in [0.1, 0.15) is 11.6 Å². The van der Waals surface area contributed by atoms with Crippen LogP contribution in [-0.2, 0) is 6.54 Å². The molecule has 0 aliphatic heterocycles. The first-order valence-corrected chi connectivity index (χ1v) is 8.54. The number of nitrogens with one attached hydrogen (secondary N) is 1. The minimum atomic E-state index is -0.175. The molecule has 4 rings (SSSR count). The fraction of sp³-hybridized carbons (Fsp3) is 0.150. The Morgan fingerprint density at radius 3 is 2.63 bits per heavy atom. The molecule has 0 radical (unpaired) electrons. The van der Waals surface area contributed by atoms with Crippen molar-refractivity contribution in [3.8, 4) is 22.6 Å². The largest absolute Gasteiger partial charge is 0.497 e. The molecular formula is C20H19N5O2. The van der Waals surface area contributed by atoms with Crippen molar-refractivity contribution in [2.24, 2.45) is 0 Å². The molecule has 0 saturated carbocycles. The van der Waals surface area contributed by atoms with Crippen LogP contribution in [0.2, 0.25) is 0 Å². The molecule has 0 spiro atoms. The fourth-order valence-corrected chi connectivity index (χ4v) is 3.00. The number of aromatic nitrogens is 5. The molecule has 0 bridgehead atoms. The van der Waals surface area contributed by atoms with E-state index in [4.69, 9.17) is 4.74 Å². The Bertz CT molecular complexity index is 1110. The lowest BCUT2D eigenvalue weighted by Gasteiger charge is -2.05. The number of hydrogen-bond acceptors (Lipinski definition) is 4. The highest BCUT2D eigenvalue weighted by Crippen LogP contribution is 2.19. The van der Waals surface area contributed by atoms with Crippen LogP contribution in [0.3, 0.4) is 0 Å². The number of rotatable bonds is 5. The Labute approximate surface area is 155 Å². The highest BCUT2D eigenvalue weighted by molar-refractivity contribution is 5.62. The van der Waals surface area contributed by atoms with Crippen LogP contribution in [0.15, 0.2) is 65.7 Å². The number of benzene rings is 2. The van der Waals surface area contributed by atoms with Gasteiger partial charge in [0, 0.05) is 11.8 Å². The third kappa shape index (κ3) is 3.27. The second-order valence-electron chi connectivity index (χ2n) is 6.21. The van der Waals surface area contributed by atoms with E-state index in [2.05, 4.69) is 15.3 Å². The van der Waals surface area contributed by atoms with Crippen LogP contribution in [0.25, 0.3) is 16.8 Å². The van der Waals surface area contributed by atoms with Gasteiger partial charge in [-0.2, -0.15) is 14.9 Å². The van der Waals surface area contributed by atoms with Crippen molar-refractivity contribution in [2.75, 3.05) is 7.11 Å². The first-order chi connectivity index (χ1) is 13.2. The second kappa shape index (κ2) is 6.95. The molecule has 0 aliphatic rings. The standard InChI is InChI=1S/C20H19N5O2/c1-14-23-25(18-8-6-16(7-9-18)17-11-21-22-12-17)20(26)24(14)13-15-4-3-5-19(10-15)27-2/h3-12H,13H2,1-2H3,(H,21,22). The highest BCUT2D eigenvalue weighted by atomic mass is 16.5. The number of H-pyrrole nitrogens is 1. The van der Waals surface area contributed by atoms with Gasteiger partial charge in [-0.3, -0.25) is 9.67 Å². The van der Waals surface area contributed by atoms with E-state index in [1.54, 1.807) is 17.9 Å². The van der Waals surface area contributed by atoms with E-state index in [1.807, 2.05) is 61.7 Å². The Kier molecular flexibility index (Phi) is 4.33. The average Bonchev–Trinajstić information content (AvgIpc) is 3.33. The Morgan fingerprint density at radius 1 is 1.11 bits per heavy atom. The normalized spacial score (nSPS) is 10.9. The number of aryl methyl sites for hydroxylation is 1. The van der Waals surface area contributed by atoms with E-state index in [9.17, 15) is 4.79 Å². The molecule has 4 aromatic rings. The van der Waals surface area contributed by atoms with Gasteiger partial charge in [-0.15, -0.1) is 0 Å². The van der Waals surface area contributed by atoms with E-state index in [-0.39, 0.29) is 5.69 Å². The van der Waals surface area contributed by atoms with Crippen LogP contribution in [0.5, 0.6) is 5.75 Å². The molecule has 0 unspecified atom stereocenters. The van der Waals surface area contributed by atoms with Crippen LogP contribution in [0.1, 0.15) is 11.4 Å². The summed E-state index contributed by atoms with van der Waals surface area (Å²) in [6, 6.07) is 15.3. The van der Waals surface area contributed by atoms with Crippen molar-refractivity contribution in [2.45, 2.75) is 13.5 Å². The molecule has 0 saturated heterocycles. The van der Waals surface area contributed by atoms with Gasteiger partial charge < -0.3 is 4.74 Å². The van der Waals surface area contributed by atoms with Gasteiger partial charge in [-0.05, 0) is 42.3 Å². The minimum absolute atomic E-state index is 0.175. The smallest absolute Gasteiger partial charge is 0.351 e. The van der Waals surface area contributed by atoms with Gasteiger partial charge in [-0.25, -0.2) is 4.79 Å². The quantitative estimate of drug-likeness (QED) is 0.593. The molecule has 0 amide bonds. The maximum absolute atomic E-state index is 12.9. The van der Waals surface area contributed by atoms with Crippen molar-refractivity contribution >= 4 is 0 Å². The van der Waals surface area contributed by atoms with E-state index < -0.39 is 0 Å². The van der Waals surface area contributed by atoms with Gasteiger partial charge in [-0.1, -0.05) is 24.3 Å². The van der Waals surface area contributed by atoms with Crippen LogP contribution >= 0.6 is 0 Å². The molecular weight excluding hydrogens is 342 g/mol. The zero-order chi connectivity index (χ0) is 18.8. The van der Waals surface area contributed by atoms with E-state index in [0.29, 0.717) is 12.4 Å². The van der Waals surface area contributed by atoms with Gasteiger partial charge in [0.2, 0.25) is 0 Å². The first-order valence-electron chi connectivity index (χ1n) is 8.54. The van der Waals surface area contributed by atoms with E-state index in [0.717, 1.165) is 28.1 Å². The number of aromatic amines is 1. The molecule has 136 valence electrons. The minimum Gasteiger partial charge on any atom is -0.497 e. The topological polar surface area (TPSA) is 77.7 Å². The second-order valence-corrected chi connectivity index (χ2v) is 6.21. The van der Waals surface area contributed by atoms with Gasteiger partial charge in [0.25, 0.3) is 0 Å². The predicted molar refractivity (Wildman–Crippen MR) is 102 cm³/mol. The zero-order valence-corrected chi connectivity index (χ0v) is 15.1. The lowest BCUT2D eigenvalue weighted by atomic mass is 10.1. The summed E-state index contributed by atoms with van der Waals surface area (Å²) in [7, 11) is 1.63. The number of ether oxygens (including phenoxy) is 1. The fourth-order valence-electron chi connectivity index (χ4n) is 3.00. The van der Waals surface area contributed by atoms with Gasteiger partial charge in [0.05, 0.1) is 25.5 Å². The van der Waals surface area contributed by atoms with Gasteiger partial charge >= 0.3 is 5.69 Å². The molecule has 0 fully saturated rings. The van der Waals surface area contributed by atoms with E-state index >= 15 is 0 Å². The number of methoxy groups -OCH3 is 1. The van der Waals surface area contributed by atoms with Crippen LogP contribution < -0.4 is 10.4 Å². The molecule has 2 heterocycles. The van der Waals surface area contributed by atoms with Crippen molar-refractivity contribution in [1.29, 1.82) is 0 Å². The molecule has 1 N–H and O–H groups in total.